The van der Waals surface area contributed by atoms with Crippen LogP contribution in [0.1, 0.15) is 18.5 Å². The number of thiophene rings is 1. The van der Waals surface area contributed by atoms with E-state index in [2.05, 4.69) is 4.72 Å². The first kappa shape index (κ1) is 13.4. The summed E-state index contributed by atoms with van der Waals surface area (Å²) >= 11 is 1.19. The standard InChI is InChI=1S/C13H13NO4S2/c1-9(14-20(15,16)13-3-2-6-19-13)10-4-5-11-12(7-10)18-8-17-11/h2-7,9,14H,8H2,1H3/t9-/m1/s1. The highest BCUT2D eigenvalue weighted by atomic mass is 32.2. The van der Waals surface area contributed by atoms with E-state index in [0.717, 1.165) is 5.56 Å². The van der Waals surface area contributed by atoms with E-state index < -0.39 is 10.0 Å². The van der Waals surface area contributed by atoms with Crippen LogP contribution in [0.15, 0.2) is 39.9 Å². The van der Waals surface area contributed by atoms with Crippen LogP contribution >= 0.6 is 11.3 Å². The highest BCUT2D eigenvalue weighted by Gasteiger charge is 2.21. The molecule has 2 aromatic rings. The van der Waals surface area contributed by atoms with Crippen LogP contribution in [-0.4, -0.2) is 15.2 Å². The SMILES string of the molecule is C[C@@H](NS(=O)(=O)c1cccs1)c1ccc2c(c1)OCO2. The molecule has 1 aromatic carbocycles. The second-order valence-corrected chi connectivity index (χ2v) is 7.28. The van der Waals surface area contributed by atoms with E-state index in [1.165, 1.54) is 11.3 Å². The number of hydrogen-bond acceptors (Lipinski definition) is 5. The molecule has 20 heavy (non-hydrogen) atoms. The van der Waals surface area contributed by atoms with Gasteiger partial charge in [0.2, 0.25) is 6.79 Å². The Labute approximate surface area is 121 Å². The van der Waals surface area contributed by atoms with Crippen molar-refractivity contribution in [1.82, 2.24) is 4.72 Å². The number of benzene rings is 1. The number of fused-ring (bicyclic) bond motifs is 1. The van der Waals surface area contributed by atoms with Crippen LogP contribution in [0.5, 0.6) is 11.5 Å². The predicted octanol–water partition coefficient (Wildman–Crippen LogP) is 2.52. The molecular formula is C13H13NO4S2. The molecular weight excluding hydrogens is 298 g/mol. The molecule has 0 amide bonds. The van der Waals surface area contributed by atoms with Gasteiger partial charge in [-0.25, -0.2) is 13.1 Å². The molecule has 1 aliphatic heterocycles. The van der Waals surface area contributed by atoms with E-state index >= 15 is 0 Å². The molecule has 0 aliphatic carbocycles. The minimum atomic E-state index is -3.48. The smallest absolute Gasteiger partial charge is 0.250 e. The maximum atomic E-state index is 12.2. The molecule has 0 fully saturated rings. The van der Waals surface area contributed by atoms with Gasteiger partial charge < -0.3 is 9.47 Å². The molecule has 0 unspecified atom stereocenters. The average molecular weight is 311 g/mol. The fourth-order valence-electron chi connectivity index (χ4n) is 1.96. The third-order valence-corrected chi connectivity index (χ3v) is 5.93. The van der Waals surface area contributed by atoms with Gasteiger partial charge in [-0.1, -0.05) is 12.1 Å². The van der Waals surface area contributed by atoms with Gasteiger partial charge in [0.15, 0.2) is 11.5 Å². The zero-order valence-corrected chi connectivity index (χ0v) is 12.3. The second kappa shape index (κ2) is 5.08. The highest BCUT2D eigenvalue weighted by molar-refractivity contribution is 7.91. The van der Waals surface area contributed by atoms with Crippen molar-refractivity contribution >= 4 is 21.4 Å². The molecule has 0 saturated carbocycles. The van der Waals surface area contributed by atoms with Crippen LogP contribution in [-0.2, 0) is 10.0 Å². The van der Waals surface area contributed by atoms with Gasteiger partial charge in [-0.15, -0.1) is 11.3 Å². The minimum absolute atomic E-state index is 0.202. The number of nitrogens with one attached hydrogen (secondary N) is 1. The van der Waals surface area contributed by atoms with Crippen LogP contribution in [0.2, 0.25) is 0 Å². The molecule has 5 nitrogen and oxygen atoms in total. The Morgan fingerprint density at radius 3 is 2.80 bits per heavy atom. The Morgan fingerprint density at radius 1 is 1.25 bits per heavy atom. The van der Waals surface area contributed by atoms with Gasteiger partial charge in [-0.05, 0) is 36.1 Å². The van der Waals surface area contributed by atoms with Crippen molar-refractivity contribution in [3.8, 4) is 11.5 Å². The monoisotopic (exact) mass is 311 g/mol. The van der Waals surface area contributed by atoms with Crippen LogP contribution in [0.4, 0.5) is 0 Å². The summed E-state index contributed by atoms with van der Waals surface area (Å²) in [6.45, 7) is 2.00. The van der Waals surface area contributed by atoms with Crippen molar-refractivity contribution in [2.24, 2.45) is 0 Å². The molecule has 0 bridgehead atoms. The molecule has 3 rings (SSSR count). The van der Waals surface area contributed by atoms with E-state index in [-0.39, 0.29) is 12.8 Å². The fraction of sp³-hybridized carbons (Fsp3) is 0.231. The molecule has 1 atom stereocenters. The summed E-state index contributed by atoms with van der Waals surface area (Å²) in [5, 5.41) is 1.74. The summed E-state index contributed by atoms with van der Waals surface area (Å²) < 4.78 is 37.8. The first-order valence-corrected chi connectivity index (χ1v) is 8.38. The normalized spacial score (nSPS) is 15.2. The zero-order chi connectivity index (χ0) is 14.2. The molecule has 2 heterocycles. The number of ether oxygens (including phenoxy) is 2. The van der Waals surface area contributed by atoms with Crippen LogP contribution < -0.4 is 14.2 Å². The number of hydrogen-bond donors (Lipinski definition) is 1. The number of sulfonamides is 1. The van der Waals surface area contributed by atoms with Crippen LogP contribution in [0.25, 0.3) is 0 Å². The van der Waals surface area contributed by atoms with Gasteiger partial charge in [-0.2, -0.15) is 0 Å². The first-order chi connectivity index (χ1) is 9.56. The third kappa shape index (κ3) is 2.52. The van der Waals surface area contributed by atoms with Crippen LogP contribution in [0.3, 0.4) is 0 Å². The topological polar surface area (TPSA) is 64.6 Å². The maximum Gasteiger partial charge on any atom is 0.250 e. The molecule has 0 saturated heterocycles. The lowest BCUT2D eigenvalue weighted by atomic mass is 10.1. The highest BCUT2D eigenvalue weighted by Crippen LogP contribution is 2.34. The van der Waals surface area contributed by atoms with Crippen molar-refractivity contribution in [1.29, 1.82) is 0 Å². The van der Waals surface area contributed by atoms with E-state index in [1.807, 2.05) is 6.07 Å². The number of rotatable bonds is 4. The molecule has 0 radical (unpaired) electrons. The summed E-state index contributed by atoms with van der Waals surface area (Å²) in [5.41, 5.74) is 0.828. The summed E-state index contributed by atoms with van der Waals surface area (Å²) in [6.07, 6.45) is 0. The Kier molecular flexibility index (Phi) is 3.41. The van der Waals surface area contributed by atoms with Gasteiger partial charge in [0.05, 0.1) is 0 Å². The largest absolute Gasteiger partial charge is 0.454 e. The van der Waals surface area contributed by atoms with E-state index in [4.69, 9.17) is 9.47 Å². The van der Waals surface area contributed by atoms with Gasteiger partial charge >= 0.3 is 0 Å². The van der Waals surface area contributed by atoms with Crippen molar-refractivity contribution in [2.45, 2.75) is 17.2 Å². The second-order valence-electron chi connectivity index (χ2n) is 4.39. The van der Waals surface area contributed by atoms with Crippen molar-refractivity contribution in [2.75, 3.05) is 6.79 Å². The Hall–Kier alpha value is -1.57. The summed E-state index contributed by atoms with van der Waals surface area (Å²) in [7, 11) is -3.48. The van der Waals surface area contributed by atoms with Crippen molar-refractivity contribution in [3.05, 3.63) is 41.3 Å². The summed E-state index contributed by atoms with van der Waals surface area (Å²) in [4.78, 5) is 0. The van der Waals surface area contributed by atoms with Gasteiger partial charge in [0.1, 0.15) is 4.21 Å². The van der Waals surface area contributed by atoms with Gasteiger partial charge in [-0.3, -0.25) is 0 Å². The Balaban J connectivity index is 1.81. The lowest BCUT2D eigenvalue weighted by Crippen LogP contribution is -2.26. The molecule has 1 aromatic heterocycles. The lowest BCUT2D eigenvalue weighted by molar-refractivity contribution is 0.174. The van der Waals surface area contributed by atoms with E-state index in [0.29, 0.717) is 15.7 Å². The van der Waals surface area contributed by atoms with Crippen molar-refractivity contribution in [3.63, 3.8) is 0 Å². The summed E-state index contributed by atoms with van der Waals surface area (Å²) in [5.74, 6) is 1.33. The quantitative estimate of drug-likeness (QED) is 0.942. The van der Waals surface area contributed by atoms with E-state index in [1.54, 1.807) is 36.6 Å². The van der Waals surface area contributed by atoms with E-state index in [9.17, 15) is 8.42 Å². The molecule has 1 N–H and O–H groups in total. The van der Waals surface area contributed by atoms with Gasteiger partial charge in [0, 0.05) is 6.04 Å². The molecule has 106 valence electrons. The lowest BCUT2D eigenvalue weighted by Gasteiger charge is -2.14. The van der Waals surface area contributed by atoms with Gasteiger partial charge in [0.25, 0.3) is 10.0 Å². The van der Waals surface area contributed by atoms with Crippen molar-refractivity contribution < 1.29 is 17.9 Å². The Bertz CT molecular complexity index is 710. The molecule has 1 aliphatic rings. The average Bonchev–Trinajstić information content (AvgIpc) is 3.09. The molecule has 7 heteroatoms. The maximum absolute atomic E-state index is 12.2. The summed E-state index contributed by atoms with van der Waals surface area (Å²) in [6, 6.07) is 8.35. The van der Waals surface area contributed by atoms with Crippen LogP contribution in [0, 0.1) is 0 Å². The fourth-order valence-corrected chi connectivity index (χ4v) is 4.20. The zero-order valence-electron chi connectivity index (χ0n) is 10.7. The third-order valence-electron chi connectivity index (χ3n) is 2.99. The first-order valence-electron chi connectivity index (χ1n) is 6.02. The minimum Gasteiger partial charge on any atom is -0.454 e. The predicted molar refractivity (Wildman–Crippen MR) is 75.6 cm³/mol. The molecule has 0 spiro atoms. The Morgan fingerprint density at radius 2 is 2.05 bits per heavy atom.